The molecular weight excluding hydrogens is 250 g/mol. The number of aryl methyl sites for hydroxylation is 1. The van der Waals surface area contributed by atoms with Crippen molar-refractivity contribution in [3.63, 3.8) is 0 Å². The molecule has 1 aromatic rings. The summed E-state index contributed by atoms with van der Waals surface area (Å²) in [6.07, 6.45) is 6.32. The molecule has 1 aliphatic rings. The maximum atomic E-state index is 11.9. The van der Waals surface area contributed by atoms with Crippen molar-refractivity contribution in [1.82, 2.24) is 9.78 Å². The zero-order valence-electron chi connectivity index (χ0n) is 10.9. The van der Waals surface area contributed by atoms with Crippen LogP contribution < -0.4 is 10.9 Å². The lowest BCUT2D eigenvalue weighted by Crippen LogP contribution is -2.26. The number of nitrogens with one attached hydrogen (secondary N) is 1. The lowest BCUT2D eigenvalue weighted by molar-refractivity contribution is 0.567. The maximum absolute atomic E-state index is 11.9. The summed E-state index contributed by atoms with van der Waals surface area (Å²) in [5.74, 6) is 0.847. The minimum absolute atomic E-state index is 0.206. The Bertz CT molecular complexity index is 468. The van der Waals surface area contributed by atoms with Crippen molar-refractivity contribution in [2.45, 2.75) is 52.1 Å². The highest BCUT2D eigenvalue weighted by Crippen LogP contribution is 2.34. The van der Waals surface area contributed by atoms with Crippen LogP contribution in [0.15, 0.2) is 11.0 Å². The monoisotopic (exact) mass is 269 g/mol. The van der Waals surface area contributed by atoms with E-state index in [9.17, 15) is 4.79 Å². The molecular formula is C13H20ClN3O. The Labute approximate surface area is 112 Å². The van der Waals surface area contributed by atoms with Crippen LogP contribution in [0.25, 0.3) is 0 Å². The zero-order chi connectivity index (χ0) is 13.1. The van der Waals surface area contributed by atoms with E-state index in [4.69, 9.17) is 11.6 Å². The highest BCUT2D eigenvalue weighted by Gasteiger charge is 2.24. The number of nitrogens with zero attached hydrogens (tertiary/aromatic N) is 2. The third-order valence-corrected chi connectivity index (χ3v) is 3.57. The molecule has 0 aliphatic heterocycles. The molecule has 1 atom stereocenters. The average Bonchev–Trinajstić information content (AvgIpc) is 3.13. The molecule has 2 rings (SSSR count). The fraction of sp³-hybridized carbons (Fsp3) is 0.692. The van der Waals surface area contributed by atoms with Crippen molar-refractivity contribution < 1.29 is 0 Å². The first-order valence-corrected chi connectivity index (χ1v) is 7.01. The topological polar surface area (TPSA) is 46.9 Å². The smallest absolute Gasteiger partial charge is 0.287 e. The van der Waals surface area contributed by atoms with E-state index in [1.165, 1.54) is 17.5 Å². The van der Waals surface area contributed by atoms with Crippen molar-refractivity contribution in [2.75, 3.05) is 5.32 Å². The van der Waals surface area contributed by atoms with Crippen LogP contribution in [0.3, 0.4) is 0 Å². The molecule has 1 aliphatic carbocycles. The van der Waals surface area contributed by atoms with Gasteiger partial charge in [-0.25, -0.2) is 4.68 Å². The van der Waals surface area contributed by atoms with Gasteiger partial charge in [-0.05, 0) is 25.7 Å². The van der Waals surface area contributed by atoms with E-state index in [1.54, 1.807) is 6.20 Å². The fourth-order valence-electron chi connectivity index (χ4n) is 2.11. The molecule has 0 radical (unpaired) electrons. The van der Waals surface area contributed by atoms with Gasteiger partial charge in [0.15, 0.2) is 0 Å². The van der Waals surface area contributed by atoms with Crippen LogP contribution in [0, 0.1) is 5.92 Å². The number of hydrogen-bond acceptors (Lipinski definition) is 3. The van der Waals surface area contributed by atoms with Gasteiger partial charge in [0.1, 0.15) is 5.02 Å². The van der Waals surface area contributed by atoms with Crippen LogP contribution in [0.1, 0.15) is 39.5 Å². The Morgan fingerprint density at radius 2 is 2.33 bits per heavy atom. The van der Waals surface area contributed by atoms with E-state index >= 15 is 0 Å². The van der Waals surface area contributed by atoms with E-state index in [2.05, 4.69) is 17.3 Å². The number of aromatic nitrogens is 2. The number of anilines is 1. The van der Waals surface area contributed by atoms with E-state index in [0.717, 1.165) is 18.8 Å². The van der Waals surface area contributed by atoms with Gasteiger partial charge < -0.3 is 5.32 Å². The van der Waals surface area contributed by atoms with Crippen LogP contribution >= 0.6 is 11.6 Å². The summed E-state index contributed by atoms with van der Waals surface area (Å²) >= 11 is 6.09. The summed E-state index contributed by atoms with van der Waals surface area (Å²) in [6.45, 7) is 4.73. The first-order valence-electron chi connectivity index (χ1n) is 6.64. The van der Waals surface area contributed by atoms with E-state index in [1.807, 2.05) is 6.92 Å². The molecule has 1 N–H and O–H groups in total. The molecule has 0 aromatic carbocycles. The molecule has 0 bridgehead atoms. The summed E-state index contributed by atoms with van der Waals surface area (Å²) in [4.78, 5) is 11.9. The van der Waals surface area contributed by atoms with Gasteiger partial charge in [0, 0.05) is 12.6 Å². The van der Waals surface area contributed by atoms with Gasteiger partial charge in [0.2, 0.25) is 0 Å². The second-order valence-electron chi connectivity index (χ2n) is 5.12. The molecule has 0 spiro atoms. The van der Waals surface area contributed by atoms with E-state index in [0.29, 0.717) is 18.3 Å². The van der Waals surface area contributed by atoms with Gasteiger partial charge in [-0.3, -0.25) is 4.79 Å². The van der Waals surface area contributed by atoms with Gasteiger partial charge in [0.25, 0.3) is 5.56 Å². The first kappa shape index (κ1) is 13.4. The molecule has 5 heteroatoms. The standard InChI is InChI=1S/C13H20ClN3O/c1-3-6-17-13(18)12(14)11(8-15-17)16-9(2)7-10-4-5-10/h8-10,16H,3-7H2,1-2H3. The second-order valence-corrected chi connectivity index (χ2v) is 5.50. The van der Waals surface area contributed by atoms with Crippen molar-refractivity contribution in [2.24, 2.45) is 5.92 Å². The molecule has 1 aromatic heterocycles. The fourth-order valence-corrected chi connectivity index (χ4v) is 2.32. The van der Waals surface area contributed by atoms with Gasteiger partial charge in [-0.2, -0.15) is 5.10 Å². The average molecular weight is 270 g/mol. The van der Waals surface area contributed by atoms with Crippen molar-refractivity contribution in [1.29, 1.82) is 0 Å². The highest BCUT2D eigenvalue weighted by molar-refractivity contribution is 6.32. The normalized spacial score (nSPS) is 16.6. The van der Waals surface area contributed by atoms with Crippen molar-refractivity contribution in [3.8, 4) is 0 Å². The van der Waals surface area contributed by atoms with Crippen LogP contribution in [0.4, 0.5) is 5.69 Å². The van der Waals surface area contributed by atoms with Gasteiger partial charge in [-0.15, -0.1) is 0 Å². The second kappa shape index (κ2) is 5.74. The summed E-state index contributed by atoms with van der Waals surface area (Å²) in [5.41, 5.74) is 0.448. The van der Waals surface area contributed by atoms with Crippen molar-refractivity contribution >= 4 is 17.3 Å². The SMILES string of the molecule is CCCn1ncc(NC(C)CC2CC2)c(Cl)c1=O. The number of halogens is 1. The molecule has 0 saturated heterocycles. The molecule has 100 valence electrons. The van der Waals surface area contributed by atoms with Gasteiger partial charge >= 0.3 is 0 Å². The Morgan fingerprint density at radius 1 is 1.61 bits per heavy atom. The Hall–Kier alpha value is -1.03. The highest BCUT2D eigenvalue weighted by atomic mass is 35.5. The maximum Gasteiger partial charge on any atom is 0.287 e. The predicted octanol–water partition coefficient (Wildman–Crippen LogP) is 2.91. The Kier molecular flexibility index (Phi) is 4.27. The van der Waals surface area contributed by atoms with Crippen LogP contribution in [0.2, 0.25) is 5.02 Å². The minimum atomic E-state index is -0.206. The van der Waals surface area contributed by atoms with Crippen LogP contribution in [-0.2, 0) is 6.54 Å². The zero-order valence-corrected chi connectivity index (χ0v) is 11.7. The summed E-state index contributed by atoms with van der Waals surface area (Å²) < 4.78 is 1.42. The van der Waals surface area contributed by atoms with Crippen molar-refractivity contribution in [3.05, 3.63) is 21.6 Å². The molecule has 0 amide bonds. The number of hydrogen-bond donors (Lipinski definition) is 1. The third kappa shape index (κ3) is 3.25. The quantitative estimate of drug-likeness (QED) is 0.864. The van der Waals surface area contributed by atoms with E-state index < -0.39 is 0 Å². The van der Waals surface area contributed by atoms with Gasteiger partial charge in [-0.1, -0.05) is 31.4 Å². The molecule has 1 heterocycles. The summed E-state index contributed by atoms with van der Waals surface area (Å²) in [5, 5.41) is 7.67. The molecule has 4 nitrogen and oxygen atoms in total. The molecule has 1 fully saturated rings. The lowest BCUT2D eigenvalue weighted by Gasteiger charge is -2.16. The summed E-state index contributed by atoms with van der Waals surface area (Å²) in [7, 11) is 0. The lowest BCUT2D eigenvalue weighted by atomic mass is 10.1. The van der Waals surface area contributed by atoms with Crippen LogP contribution in [0.5, 0.6) is 0 Å². The third-order valence-electron chi connectivity index (χ3n) is 3.21. The van der Waals surface area contributed by atoms with Crippen LogP contribution in [-0.4, -0.2) is 15.8 Å². The first-order chi connectivity index (χ1) is 8.61. The molecule has 18 heavy (non-hydrogen) atoms. The predicted molar refractivity (Wildman–Crippen MR) is 74.2 cm³/mol. The Balaban J connectivity index is 2.08. The Morgan fingerprint density at radius 3 is 2.94 bits per heavy atom. The molecule has 1 unspecified atom stereocenters. The minimum Gasteiger partial charge on any atom is -0.380 e. The van der Waals surface area contributed by atoms with Gasteiger partial charge in [0.05, 0.1) is 11.9 Å². The van der Waals surface area contributed by atoms with E-state index in [-0.39, 0.29) is 10.6 Å². The number of rotatable bonds is 6. The molecule has 1 saturated carbocycles. The summed E-state index contributed by atoms with van der Waals surface area (Å²) in [6, 6.07) is 0.332. The largest absolute Gasteiger partial charge is 0.380 e.